The summed E-state index contributed by atoms with van der Waals surface area (Å²) in [6.45, 7) is 0.464. The fourth-order valence-electron chi connectivity index (χ4n) is 4.00. The first kappa shape index (κ1) is 15.9. The summed E-state index contributed by atoms with van der Waals surface area (Å²) in [6.07, 6.45) is 2.86. The number of hydrogen-bond donors (Lipinski definition) is 1. The van der Waals surface area contributed by atoms with Gasteiger partial charge in [-0.05, 0) is 54.9 Å². The Labute approximate surface area is 133 Å². The lowest BCUT2D eigenvalue weighted by Gasteiger charge is -2.24. The van der Waals surface area contributed by atoms with Crippen LogP contribution in [-0.2, 0) is 16.0 Å². The topological polar surface area (TPSA) is 57.6 Å². The average Bonchev–Trinajstić information content (AvgIpc) is 3.07. The van der Waals surface area contributed by atoms with Gasteiger partial charge in [-0.1, -0.05) is 6.42 Å². The molecule has 1 aromatic rings. The highest BCUT2D eigenvalue weighted by atomic mass is 19.1. The Hall–Kier alpha value is -1.98. The van der Waals surface area contributed by atoms with Crippen LogP contribution in [-0.4, -0.2) is 34.5 Å². The quantitative estimate of drug-likeness (QED) is 0.926. The second kappa shape index (κ2) is 6.26. The number of fused-ring (bicyclic) bond motifs is 1. The van der Waals surface area contributed by atoms with Crippen LogP contribution in [0.15, 0.2) is 18.2 Å². The van der Waals surface area contributed by atoms with E-state index in [4.69, 9.17) is 0 Å². The summed E-state index contributed by atoms with van der Waals surface area (Å²) in [7, 11) is 0. The van der Waals surface area contributed by atoms with Gasteiger partial charge in [-0.25, -0.2) is 13.6 Å². The van der Waals surface area contributed by atoms with Crippen LogP contribution in [0, 0.1) is 23.5 Å². The van der Waals surface area contributed by atoms with Crippen molar-refractivity contribution in [3.05, 3.63) is 35.4 Å². The Kier molecular flexibility index (Phi) is 4.33. The van der Waals surface area contributed by atoms with E-state index in [9.17, 15) is 23.5 Å². The first-order chi connectivity index (χ1) is 11.0. The molecule has 1 aromatic carbocycles. The molecule has 0 aromatic heterocycles. The lowest BCUT2D eigenvalue weighted by atomic mass is 9.94. The summed E-state index contributed by atoms with van der Waals surface area (Å²) in [5.74, 6) is -2.08. The molecule has 0 spiro atoms. The molecule has 0 radical (unpaired) electrons. The highest BCUT2D eigenvalue weighted by molar-refractivity contribution is 5.85. The van der Waals surface area contributed by atoms with Gasteiger partial charge in [-0.3, -0.25) is 4.79 Å². The molecule has 1 heterocycles. The van der Waals surface area contributed by atoms with Gasteiger partial charge in [-0.2, -0.15) is 0 Å². The molecular weight excluding hydrogens is 304 g/mol. The smallest absolute Gasteiger partial charge is 0.326 e. The Balaban J connectivity index is 1.68. The number of likely N-dealkylation sites (tertiary alicyclic amines) is 1. The Bertz CT molecular complexity index is 634. The Morgan fingerprint density at radius 3 is 2.78 bits per heavy atom. The molecule has 1 amide bonds. The van der Waals surface area contributed by atoms with Crippen LogP contribution in [0.4, 0.5) is 8.78 Å². The van der Waals surface area contributed by atoms with Crippen LogP contribution in [0.2, 0.25) is 0 Å². The number of halogens is 2. The van der Waals surface area contributed by atoms with Gasteiger partial charge < -0.3 is 10.0 Å². The van der Waals surface area contributed by atoms with E-state index in [0.717, 1.165) is 37.5 Å². The molecule has 1 aliphatic heterocycles. The van der Waals surface area contributed by atoms with Gasteiger partial charge >= 0.3 is 5.97 Å². The number of rotatable bonds is 4. The van der Waals surface area contributed by atoms with Crippen molar-refractivity contribution < 1.29 is 23.5 Å². The monoisotopic (exact) mass is 323 g/mol. The van der Waals surface area contributed by atoms with Gasteiger partial charge in [0, 0.05) is 13.0 Å². The number of aliphatic carboxylic acids is 1. The van der Waals surface area contributed by atoms with Crippen molar-refractivity contribution in [1.82, 2.24) is 4.90 Å². The van der Waals surface area contributed by atoms with Crippen molar-refractivity contribution in [3.63, 3.8) is 0 Å². The van der Waals surface area contributed by atoms with Crippen LogP contribution in [0.25, 0.3) is 0 Å². The average molecular weight is 323 g/mol. The second-order valence-corrected chi connectivity index (χ2v) is 6.42. The highest BCUT2D eigenvalue weighted by Gasteiger charge is 2.49. The van der Waals surface area contributed by atoms with Crippen LogP contribution in [0.3, 0.4) is 0 Å². The lowest BCUT2D eigenvalue weighted by molar-refractivity contribution is -0.149. The molecule has 3 atom stereocenters. The molecule has 2 fully saturated rings. The first-order valence-electron chi connectivity index (χ1n) is 7.93. The summed E-state index contributed by atoms with van der Waals surface area (Å²) in [6, 6.07) is 2.38. The minimum atomic E-state index is -0.968. The molecular formula is C17H19F2NO3. The van der Waals surface area contributed by atoms with E-state index in [1.54, 1.807) is 0 Å². The number of carbonyl (C=O) groups excluding carboxylic acids is 1. The number of carbonyl (C=O) groups is 2. The number of hydrogen-bond acceptors (Lipinski definition) is 2. The first-order valence-corrected chi connectivity index (χ1v) is 7.93. The largest absolute Gasteiger partial charge is 0.480 e. The predicted octanol–water partition coefficient (Wildman–Crippen LogP) is 2.61. The number of nitrogens with zero attached hydrogens (tertiary/aromatic N) is 1. The summed E-state index contributed by atoms with van der Waals surface area (Å²) in [5.41, 5.74) is 0.143. The van der Waals surface area contributed by atoms with Crippen molar-refractivity contribution >= 4 is 11.9 Å². The minimum absolute atomic E-state index is 0.0103. The number of carboxylic acids is 1. The van der Waals surface area contributed by atoms with Gasteiger partial charge in [0.15, 0.2) is 0 Å². The van der Waals surface area contributed by atoms with Crippen molar-refractivity contribution in [3.8, 4) is 0 Å². The molecule has 1 aliphatic carbocycles. The summed E-state index contributed by atoms with van der Waals surface area (Å²) >= 11 is 0. The Morgan fingerprint density at radius 1 is 1.26 bits per heavy atom. The molecule has 6 heteroatoms. The van der Waals surface area contributed by atoms with E-state index < -0.39 is 23.6 Å². The van der Waals surface area contributed by atoms with Gasteiger partial charge in [0.05, 0.1) is 0 Å². The van der Waals surface area contributed by atoms with Crippen LogP contribution in [0.5, 0.6) is 0 Å². The fraction of sp³-hybridized carbons (Fsp3) is 0.529. The van der Waals surface area contributed by atoms with E-state index in [0.29, 0.717) is 6.54 Å². The molecule has 23 heavy (non-hydrogen) atoms. The van der Waals surface area contributed by atoms with E-state index in [1.165, 1.54) is 4.90 Å². The van der Waals surface area contributed by atoms with Crippen molar-refractivity contribution in [2.75, 3.05) is 6.54 Å². The number of carboxylic acid groups (broad SMARTS) is 1. The lowest BCUT2D eigenvalue weighted by Crippen LogP contribution is -2.43. The standard InChI is InChI=1S/C17H19F2NO3/c18-12-5-6-14(19)10(8-12)4-7-15(21)20-9-11-2-1-3-13(11)16(20)17(22)23/h5-6,8,11,13,16H,1-4,7,9H2,(H,22,23). The molecule has 1 saturated heterocycles. The third-order valence-corrected chi connectivity index (χ3v) is 5.08. The van der Waals surface area contributed by atoms with Crippen molar-refractivity contribution in [2.24, 2.45) is 11.8 Å². The SMILES string of the molecule is O=C(O)C1C2CCCC2CN1C(=O)CCc1cc(F)ccc1F. The molecule has 1 N–H and O–H groups in total. The maximum absolute atomic E-state index is 13.6. The zero-order valence-corrected chi connectivity index (χ0v) is 12.7. The van der Waals surface area contributed by atoms with E-state index in [-0.39, 0.29) is 36.1 Å². The molecule has 1 saturated carbocycles. The molecule has 4 nitrogen and oxygen atoms in total. The summed E-state index contributed by atoms with van der Waals surface area (Å²) < 4.78 is 26.8. The highest BCUT2D eigenvalue weighted by Crippen LogP contribution is 2.42. The number of aryl methyl sites for hydroxylation is 1. The maximum atomic E-state index is 13.6. The minimum Gasteiger partial charge on any atom is -0.480 e. The van der Waals surface area contributed by atoms with Crippen LogP contribution < -0.4 is 0 Å². The van der Waals surface area contributed by atoms with Gasteiger partial charge in [-0.15, -0.1) is 0 Å². The van der Waals surface area contributed by atoms with E-state index in [2.05, 4.69) is 0 Å². The van der Waals surface area contributed by atoms with Gasteiger partial charge in [0.25, 0.3) is 0 Å². The van der Waals surface area contributed by atoms with Gasteiger partial charge in [0.2, 0.25) is 5.91 Å². The fourth-order valence-corrected chi connectivity index (χ4v) is 4.00. The zero-order valence-electron chi connectivity index (χ0n) is 12.7. The summed E-state index contributed by atoms with van der Waals surface area (Å²) in [4.78, 5) is 25.4. The third-order valence-electron chi connectivity index (χ3n) is 5.08. The summed E-state index contributed by atoms with van der Waals surface area (Å²) in [5, 5.41) is 9.44. The molecule has 124 valence electrons. The molecule has 2 aliphatic rings. The number of amides is 1. The zero-order chi connectivity index (χ0) is 16.6. The molecule has 3 rings (SSSR count). The normalized spacial score (nSPS) is 26.3. The third kappa shape index (κ3) is 3.07. The number of benzene rings is 1. The van der Waals surface area contributed by atoms with Crippen molar-refractivity contribution in [2.45, 2.75) is 38.1 Å². The van der Waals surface area contributed by atoms with E-state index >= 15 is 0 Å². The Morgan fingerprint density at radius 2 is 2.04 bits per heavy atom. The van der Waals surface area contributed by atoms with Crippen molar-refractivity contribution in [1.29, 1.82) is 0 Å². The molecule has 3 unspecified atom stereocenters. The van der Waals surface area contributed by atoms with Crippen LogP contribution in [0.1, 0.15) is 31.2 Å². The predicted molar refractivity (Wildman–Crippen MR) is 78.6 cm³/mol. The maximum Gasteiger partial charge on any atom is 0.326 e. The second-order valence-electron chi connectivity index (χ2n) is 6.42. The van der Waals surface area contributed by atoms with Crippen LogP contribution >= 0.6 is 0 Å². The van der Waals surface area contributed by atoms with Gasteiger partial charge in [0.1, 0.15) is 17.7 Å². The van der Waals surface area contributed by atoms with E-state index in [1.807, 2.05) is 0 Å². The molecule has 0 bridgehead atoms.